The van der Waals surface area contributed by atoms with Crippen molar-refractivity contribution in [3.63, 3.8) is 0 Å². The normalized spacial score (nSPS) is 10.8. The maximum absolute atomic E-state index is 12.4. The lowest BCUT2D eigenvalue weighted by Gasteiger charge is -2.08. The summed E-state index contributed by atoms with van der Waals surface area (Å²) >= 11 is 1.29. The Morgan fingerprint density at radius 3 is 2.41 bits per heavy atom. The summed E-state index contributed by atoms with van der Waals surface area (Å²) in [6, 6.07) is 18.5. The highest BCUT2D eigenvalue weighted by atomic mass is 32.2. The van der Waals surface area contributed by atoms with Crippen LogP contribution < -0.4 is 10.0 Å². The molecule has 2 heterocycles. The number of nitrogens with zero attached hydrogens (tertiary/aromatic N) is 2. The Kier molecular flexibility index (Phi) is 7.63. The van der Waals surface area contributed by atoms with Gasteiger partial charge in [0, 0.05) is 11.9 Å². The molecule has 0 aliphatic carbocycles. The minimum absolute atomic E-state index is 0.0720. The molecule has 4 aromatic rings. The molecule has 2 aromatic heterocycles. The zero-order chi connectivity index (χ0) is 23.0. The fraction of sp³-hybridized carbons (Fsp3) is 0.0455. The fourth-order valence-corrected chi connectivity index (χ4v) is 4.36. The molecule has 3 N–H and O–H groups in total. The van der Waals surface area contributed by atoms with E-state index < -0.39 is 10.0 Å². The van der Waals surface area contributed by atoms with E-state index in [0.29, 0.717) is 10.8 Å². The number of rotatable bonds is 7. The molecule has 0 aliphatic rings. The highest BCUT2D eigenvalue weighted by Crippen LogP contribution is 2.20. The molecule has 0 radical (unpaired) electrons. The Balaban J connectivity index is 0.00000141. The van der Waals surface area contributed by atoms with Gasteiger partial charge >= 0.3 is 0 Å². The number of fused-ring (bicyclic) bond motifs is 1. The van der Waals surface area contributed by atoms with Gasteiger partial charge < -0.3 is 10.3 Å². The second kappa shape index (κ2) is 10.6. The first-order valence-corrected chi connectivity index (χ1v) is 11.9. The molecule has 0 fully saturated rings. The number of para-hydroxylation sites is 2. The summed E-state index contributed by atoms with van der Waals surface area (Å²) in [4.78, 5) is 23.8. The topological polar surface area (TPSA) is 117 Å². The quantitative estimate of drug-likeness (QED) is 0.276. The number of aromatic amines is 1. The Bertz CT molecular complexity index is 1260. The van der Waals surface area contributed by atoms with Crippen LogP contribution in [-0.2, 0) is 14.8 Å². The molecule has 0 atom stereocenters. The predicted octanol–water partition coefficient (Wildman–Crippen LogP) is 4.29. The van der Waals surface area contributed by atoms with E-state index in [0.717, 1.165) is 11.0 Å². The zero-order valence-corrected chi connectivity index (χ0v) is 18.6. The average molecular weight is 468 g/mol. The second-order valence-electron chi connectivity index (χ2n) is 6.24. The van der Waals surface area contributed by atoms with E-state index in [2.05, 4.69) is 38.1 Å². The average Bonchev–Trinajstić information content (AvgIpc) is 3.23. The molecule has 8 nitrogen and oxygen atoms in total. The number of sulfonamides is 1. The number of nitrogens with one attached hydrogen (secondary N) is 3. The molecule has 4 rings (SSSR count). The van der Waals surface area contributed by atoms with Gasteiger partial charge in [-0.05, 0) is 48.5 Å². The number of aromatic nitrogens is 3. The van der Waals surface area contributed by atoms with Gasteiger partial charge in [-0.15, -0.1) is 13.2 Å². The third kappa shape index (κ3) is 5.96. The van der Waals surface area contributed by atoms with Gasteiger partial charge in [-0.1, -0.05) is 30.0 Å². The molecule has 0 saturated heterocycles. The third-order valence-corrected chi connectivity index (χ3v) is 6.30. The van der Waals surface area contributed by atoms with Crippen LogP contribution in [0.1, 0.15) is 0 Å². The van der Waals surface area contributed by atoms with Crippen molar-refractivity contribution < 1.29 is 13.2 Å². The number of pyridine rings is 1. The number of carbonyl (C=O) groups excluding carboxylic acids is 1. The first kappa shape index (κ1) is 23.0. The monoisotopic (exact) mass is 467 g/mol. The smallest absolute Gasteiger partial charge is 0.263 e. The van der Waals surface area contributed by atoms with Gasteiger partial charge in [0.2, 0.25) is 5.91 Å². The molecule has 0 bridgehead atoms. The maximum atomic E-state index is 12.4. The first-order chi connectivity index (χ1) is 15.5. The van der Waals surface area contributed by atoms with Crippen molar-refractivity contribution in [3.8, 4) is 0 Å². The molecule has 2 aromatic carbocycles. The van der Waals surface area contributed by atoms with Crippen LogP contribution in [0.4, 0.5) is 11.5 Å². The molecule has 10 heteroatoms. The lowest BCUT2D eigenvalue weighted by molar-refractivity contribution is -0.113. The number of imidazole rings is 1. The first-order valence-electron chi connectivity index (χ1n) is 9.41. The van der Waals surface area contributed by atoms with E-state index in [9.17, 15) is 13.2 Å². The maximum Gasteiger partial charge on any atom is 0.263 e. The molecule has 0 saturated carbocycles. The van der Waals surface area contributed by atoms with Crippen LogP contribution in [0, 0.1) is 0 Å². The van der Waals surface area contributed by atoms with Gasteiger partial charge in [0.25, 0.3) is 10.0 Å². The van der Waals surface area contributed by atoms with Crippen molar-refractivity contribution in [2.45, 2.75) is 10.1 Å². The van der Waals surface area contributed by atoms with Gasteiger partial charge in [-0.25, -0.2) is 18.4 Å². The Labute approximate surface area is 190 Å². The Hall–Kier alpha value is -3.63. The van der Waals surface area contributed by atoms with Crippen LogP contribution in [0.2, 0.25) is 0 Å². The molecule has 32 heavy (non-hydrogen) atoms. The molecule has 164 valence electrons. The van der Waals surface area contributed by atoms with E-state index in [-0.39, 0.29) is 22.4 Å². The second-order valence-corrected chi connectivity index (χ2v) is 8.89. The Morgan fingerprint density at radius 1 is 1.00 bits per heavy atom. The van der Waals surface area contributed by atoms with Gasteiger partial charge in [-0.3, -0.25) is 9.52 Å². The molecular weight excluding hydrogens is 446 g/mol. The molecule has 0 aliphatic heterocycles. The summed E-state index contributed by atoms with van der Waals surface area (Å²) in [6.07, 6.45) is 1.50. The minimum Gasteiger partial charge on any atom is -0.333 e. The van der Waals surface area contributed by atoms with Crippen LogP contribution in [0.3, 0.4) is 0 Å². The molecule has 0 spiro atoms. The van der Waals surface area contributed by atoms with Gasteiger partial charge in [0.1, 0.15) is 5.82 Å². The number of H-pyrrole nitrogens is 1. The highest BCUT2D eigenvalue weighted by Gasteiger charge is 2.15. The number of benzene rings is 2. The van der Waals surface area contributed by atoms with E-state index in [1.54, 1.807) is 18.2 Å². The number of thioether (sulfide) groups is 1. The van der Waals surface area contributed by atoms with Crippen molar-refractivity contribution in [2.75, 3.05) is 15.8 Å². The summed E-state index contributed by atoms with van der Waals surface area (Å²) in [5.74, 6) is 0.182. The number of carbonyl (C=O) groups is 1. The van der Waals surface area contributed by atoms with Gasteiger partial charge in [0.05, 0.1) is 21.7 Å². The lowest BCUT2D eigenvalue weighted by atomic mass is 10.3. The third-order valence-electron chi connectivity index (χ3n) is 4.06. The van der Waals surface area contributed by atoms with Crippen LogP contribution in [-0.4, -0.2) is 35.0 Å². The fourth-order valence-electron chi connectivity index (χ4n) is 2.67. The van der Waals surface area contributed by atoms with Crippen LogP contribution in [0.5, 0.6) is 0 Å². The Morgan fingerprint density at radius 2 is 1.72 bits per heavy atom. The van der Waals surface area contributed by atoms with Crippen molar-refractivity contribution in [1.29, 1.82) is 0 Å². The number of anilines is 2. The SMILES string of the molecule is C=C.O=C(CSc1nc2ccccc2[nH]1)Nc1ccc(S(=O)(=O)Nc2ccccn2)cc1. The number of hydrogen-bond acceptors (Lipinski definition) is 6. The summed E-state index contributed by atoms with van der Waals surface area (Å²) < 4.78 is 27.2. The van der Waals surface area contributed by atoms with Crippen LogP contribution >= 0.6 is 11.8 Å². The lowest BCUT2D eigenvalue weighted by Crippen LogP contribution is -2.15. The summed E-state index contributed by atoms with van der Waals surface area (Å²) in [5.41, 5.74) is 2.26. The van der Waals surface area contributed by atoms with Gasteiger partial charge in [0.15, 0.2) is 5.16 Å². The van der Waals surface area contributed by atoms with E-state index >= 15 is 0 Å². The van der Waals surface area contributed by atoms with Crippen molar-refractivity contribution in [3.05, 3.63) is 86.1 Å². The highest BCUT2D eigenvalue weighted by molar-refractivity contribution is 7.99. The molecule has 0 unspecified atom stereocenters. The largest absolute Gasteiger partial charge is 0.333 e. The van der Waals surface area contributed by atoms with Crippen molar-refractivity contribution in [2.24, 2.45) is 0 Å². The predicted molar refractivity (Wildman–Crippen MR) is 128 cm³/mol. The van der Waals surface area contributed by atoms with E-state index in [1.807, 2.05) is 24.3 Å². The molecule has 1 amide bonds. The summed E-state index contributed by atoms with van der Waals surface area (Å²) in [5, 5.41) is 3.41. The summed E-state index contributed by atoms with van der Waals surface area (Å²) in [6.45, 7) is 6.00. The van der Waals surface area contributed by atoms with E-state index in [4.69, 9.17) is 0 Å². The van der Waals surface area contributed by atoms with Crippen LogP contribution in [0.15, 0.2) is 96.1 Å². The van der Waals surface area contributed by atoms with Gasteiger partial charge in [-0.2, -0.15) is 0 Å². The van der Waals surface area contributed by atoms with Crippen molar-refractivity contribution >= 4 is 50.2 Å². The number of hydrogen-bond donors (Lipinski definition) is 3. The zero-order valence-electron chi connectivity index (χ0n) is 17.0. The van der Waals surface area contributed by atoms with Crippen molar-refractivity contribution in [1.82, 2.24) is 15.0 Å². The summed E-state index contributed by atoms with van der Waals surface area (Å²) in [7, 11) is -3.76. The molecular formula is C22H21N5O3S2. The minimum atomic E-state index is -3.76. The standard InChI is InChI=1S/C20H17N5O3S2.C2H4/c26-19(13-29-20-23-16-5-1-2-6-17(16)24-20)22-14-8-10-15(11-9-14)30(27,28)25-18-7-3-4-12-21-18;1-2/h1-12H,13H2,(H,21,25)(H,22,26)(H,23,24);1-2H2. The number of amides is 1. The van der Waals surface area contributed by atoms with E-state index in [1.165, 1.54) is 42.2 Å². The van der Waals surface area contributed by atoms with Crippen LogP contribution in [0.25, 0.3) is 11.0 Å².